The van der Waals surface area contributed by atoms with E-state index in [1.807, 2.05) is 7.05 Å². The molecule has 2 heterocycles. The molecule has 0 unspecified atom stereocenters. The van der Waals surface area contributed by atoms with Crippen LogP contribution in [0.3, 0.4) is 0 Å². The van der Waals surface area contributed by atoms with Gasteiger partial charge in [0.05, 0.1) is 11.4 Å². The Bertz CT molecular complexity index is 787. The average molecular weight is 353 g/mol. The highest BCUT2D eigenvalue weighted by atomic mass is 15.3. The summed E-state index contributed by atoms with van der Waals surface area (Å²) < 4.78 is 0. The van der Waals surface area contributed by atoms with Crippen LogP contribution in [0.2, 0.25) is 0 Å². The van der Waals surface area contributed by atoms with Crippen LogP contribution in [0, 0.1) is 0 Å². The number of aromatic nitrogens is 2. The summed E-state index contributed by atoms with van der Waals surface area (Å²) in [5.41, 5.74) is 9.45. The molecule has 2 fully saturated rings. The second-order valence-electron chi connectivity index (χ2n) is 7.16. The van der Waals surface area contributed by atoms with Crippen LogP contribution in [0.1, 0.15) is 19.8 Å². The highest BCUT2D eigenvalue weighted by Gasteiger charge is 2.50. The minimum atomic E-state index is 0.419. The van der Waals surface area contributed by atoms with Gasteiger partial charge in [-0.3, -0.25) is 4.90 Å². The number of benzene rings is 1. The Labute approximate surface area is 154 Å². The van der Waals surface area contributed by atoms with Crippen LogP contribution < -0.4 is 21.3 Å². The Balaban J connectivity index is 1.54. The molecule has 1 aromatic heterocycles. The van der Waals surface area contributed by atoms with E-state index in [4.69, 9.17) is 5.73 Å². The number of nitrogens with two attached hydrogens (primary N) is 1. The lowest BCUT2D eigenvalue weighted by Crippen LogP contribution is -2.54. The standard InChI is InChI=1S/C19H27N7/c1-3-26-9-8-25(12-19(26)6-7-19)14-4-5-15(16(10-14)21-2)24-18-11-17(20)22-13-23-18/h4-5,10-11,13,21H,3,6-9,12H2,1-2H3,(H3,20,22,23,24). The summed E-state index contributed by atoms with van der Waals surface area (Å²) in [5, 5.41) is 6.61. The summed E-state index contributed by atoms with van der Waals surface area (Å²) in [5.74, 6) is 1.14. The molecule has 2 aliphatic rings. The van der Waals surface area contributed by atoms with Crippen molar-refractivity contribution in [3.05, 3.63) is 30.6 Å². The first kappa shape index (κ1) is 16.9. The predicted octanol–water partition coefficient (Wildman–Crippen LogP) is 2.52. The number of nitrogen functional groups attached to an aromatic ring is 1. The fraction of sp³-hybridized carbons (Fsp3) is 0.474. The number of hydrogen-bond donors (Lipinski definition) is 3. The fourth-order valence-electron chi connectivity index (χ4n) is 3.97. The Morgan fingerprint density at radius 1 is 1.15 bits per heavy atom. The number of nitrogens with zero attached hydrogens (tertiary/aromatic N) is 4. The van der Waals surface area contributed by atoms with Crippen LogP contribution in [-0.4, -0.2) is 53.6 Å². The minimum Gasteiger partial charge on any atom is -0.386 e. The predicted molar refractivity (Wildman–Crippen MR) is 107 cm³/mol. The van der Waals surface area contributed by atoms with Crippen molar-refractivity contribution in [3.8, 4) is 0 Å². The van der Waals surface area contributed by atoms with Crippen LogP contribution in [0.25, 0.3) is 0 Å². The zero-order valence-electron chi connectivity index (χ0n) is 15.5. The summed E-state index contributed by atoms with van der Waals surface area (Å²) in [4.78, 5) is 13.3. The number of rotatable bonds is 5. The third-order valence-corrected chi connectivity index (χ3v) is 5.59. The molecule has 7 heteroatoms. The Morgan fingerprint density at radius 3 is 2.69 bits per heavy atom. The largest absolute Gasteiger partial charge is 0.386 e. The number of anilines is 5. The topological polar surface area (TPSA) is 82.3 Å². The van der Waals surface area contributed by atoms with E-state index in [1.165, 1.54) is 24.9 Å². The SMILES string of the molecule is CCN1CCN(c2ccc(Nc3cc(N)ncn3)c(NC)c2)CC12CC2. The fourth-order valence-corrected chi connectivity index (χ4v) is 3.97. The van der Waals surface area contributed by atoms with Gasteiger partial charge in [-0.25, -0.2) is 9.97 Å². The van der Waals surface area contributed by atoms with Gasteiger partial charge in [0.15, 0.2) is 0 Å². The van der Waals surface area contributed by atoms with Crippen LogP contribution in [0.4, 0.5) is 28.7 Å². The summed E-state index contributed by atoms with van der Waals surface area (Å²) in [6.45, 7) is 6.77. The smallest absolute Gasteiger partial charge is 0.135 e. The molecule has 4 rings (SSSR count). The van der Waals surface area contributed by atoms with Crippen molar-refractivity contribution >= 4 is 28.7 Å². The molecule has 4 N–H and O–H groups in total. The summed E-state index contributed by atoms with van der Waals surface area (Å²) in [7, 11) is 1.94. The maximum atomic E-state index is 5.74. The molecular formula is C19H27N7. The second-order valence-corrected chi connectivity index (χ2v) is 7.16. The number of likely N-dealkylation sites (N-methyl/N-ethyl adjacent to an activating group) is 1. The van der Waals surface area contributed by atoms with E-state index in [0.717, 1.165) is 37.6 Å². The number of nitrogens with one attached hydrogen (secondary N) is 2. The monoisotopic (exact) mass is 353 g/mol. The normalized spacial score (nSPS) is 18.8. The van der Waals surface area contributed by atoms with Crippen molar-refractivity contribution in [2.75, 3.05) is 54.5 Å². The van der Waals surface area contributed by atoms with Crippen molar-refractivity contribution in [1.29, 1.82) is 0 Å². The first-order chi connectivity index (χ1) is 12.6. The van der Waals surface area contributed by atoms with E-state index in [0.29, 0.717) is 17.2 Å². The highest BCUT2D eigenvalue weighted by Crippen LogP contribution is 2.45. The Morgan fingerprint density at radius 2 is 2.00 bits per heavy atom. The average Bonchev–Trinajstić information content (AvgIpc) is 3.41. The molecule has 26 heavy (non-hydrogen) atoms. The van der Waals surface area contributed by atoms with Gasteiger partial charge in [-0.15, -0.1) is 0 Å². The van der Waals surface area contributed by atoms with Gasteiger partial charge in [0.1, 0.15) is 18.0 Å². The van der Waals surface area contributed by atoms with Crippen LogP contribution in [-0.2, 0) is 0 Å². The minimum absolute atomic E-state index is 0.419. The molecule has 2 aromatic rings. The molecule has 1 aliphatic carbocycles. The van der Waals surface area contributed by atoms with Gasteiger partial charge in [0.2, 0.25) is 0 Å². The molecule has 1 saturated heterocycles. The van der Waals surface area contributed by atoms with E-state index >= 15 is 0 Å². The third kappa shape index (κ3) is 3.14. The van der Waals surface area contributed by atoms with E-state index in [-0.39, 0.29) is 0 Å². The zero-order chi connectivity index (χ0) is 18.1. The van der Waals surface area contributed by atoms with E-state index in [1.54, 1.807) is 6.07 Å². The van der Waals surface area contributed by atoms with Gasteiger partial charge >= 0.3 is 0 Å². The maximum absolute atomic E-state index is 5.74. The van der Waals surface area contributed by atoms with Crippen molar-refractivity contribution in [2.24, 2.45) is 0 Å². The number of hydrogen-bond acceptors (Lipinski definition) is 7. The van der Waals surface area contributed by atoms with E-state index in [9.17, 15) is 0 Å². The molecule has 1 aliphatic heterocycles. The molecule has 0 amide bonds. The van der Waals surface area contributed by atoms with Gasteiger partial charge in [0, 0.05) is 44.0 Å². The van der Waals surface area contributed by atoms with Gasteiger partial charge in [0.25, 0.3) is 0 Å². The zero-order valence-corrected chi connectivity index (χ0v) is 15.5. The van der Waals surface area contributed by atoms with Crippen LogP contribution in [0.15, 0.2) is 30.6 Å². The molecule has 1 aromatic carbocycles. The van der Waals surface area contributed by atoms with Crippen LogP contribution in [0.5, 0.6) is 0 Å². The van der Waals surface area contributed by atoms with Crippen LogP contribution >= 0.6 is 0 Å². The second kappa shape index (κ2) is 6.64. The molecule has 7 nitrogen and oxygen atoms in total. The first-order valence-electron chi connectivity index (χ1n) is 9.30. The van der Waals surface area contributed by atoms with Gasteiger partial charge in [-0.1, -0.05) is 6.92 Å². The summed E-state index contributed by atoms with van der Waals surface area (Å²) in [6.07, 6.45) is 4.11. The van der Waals surface area contributed by atoms with Crippen molar-refractivity contribution in [2.45, 2.75) is 25.3 Å². The maximum Gasteiger partial charge on any atom is 0.135 e. The van der Waals surface area contributed by atoms with Crippen molar-refractivity contribution < 1.29 is 0 Å². The Kier molecular flexibility index (Phi) is 4.32. The van der Waals surface area contributed by atoms with Crippen molar-refractivity contribution in [1.82, 2.24) is 14.9 Å². The molecule has 0 radical (unpaired) electrons. The molecule has 0 atom stereocenters. The number of piperazine rings is 1. The third-order valence-electron chi connectivity index (χ3n) is 5.59. The molecule has 0 bridgehead atoms. The van der Waals surface area contributed by atoms with E-state index in [2.05, 4.69) is 55.5 Å². The van der Waals surface area contributed by atoms with Gasteiger partial charge < -0.3 is 21.3 Å². The molecular weight excluding hydrogens is 326 g/mol. The Hall–Kier alpha value is -2.54. The molecule has 1 saturated carbocycles. The quantitative estimate of drug-likeness (QED) is 0.762. The lowest BCUT2D eigenvalue weighted by Gasteiger charge is -2.43. The molecule has 1 spiro atoms. The van der Waals surface area contributed by atoms with Gasteiger partial charge in [-0.05, 0) is 37.6 Å². The summed E-state index contributed by atoms with van der Waals surface area (Å²) in [6, 6.07) is 8.23. The lowest BCUT2D eigenvalue weighted by atomic mass is 10.1. The van der Waals surface area contributed by atoms with Gasteiger partial charge in [-0.2, -0.15) is 0 Å². The first-order valence-corrected chi connectivity index (χ1v) is 9.30. The molecule has 138 valence electrons. The lowest BCUT2D eigenvalue weighted by molar-refractivity contribution is 0.167. The van der Waals surface area contributed by atoms with Crippen molar-refractivity contribution in [3.63, 3.8) is 0 Å². The highest BCUT2D eigenvalue weighted by molar-refractivity contribution is 5.77. The summed E-state index contributed by atoms with van der Waals surface area (Å²) >= 11 is 0. The van der Waals surface area contributed by atoms with E-state index < -0.39 is 0 Å².